The van der Waals surface area contributed by atoms with Crippen molar-refractivity contribution in [2.24, 2.45) is 0 Å². The van der Waals surface area contributed by atoms with Gasteiger partial charge in [0.15, 0.2) is 11.5 Å². The molecule has 2 aliphatic rings. The third kappa shape index (κ3) is 3.89. The Morgan fingerprint density at radius 2 is 1.81 bits per heavy atom. The van der Waals surface area contributed by atoms with E-state index in [0.717, 1.165) is 37.6 Å². The van der Waals surface area contributed by atoms with Crippen LogP contribution < -0.4 is 14.8 Å². The molecule has 1 aromatic rings. The average molecular weight is 284 g/mol. The highest BCUT2D eigenvalue weighted by molar-refractivity contribution is 5.44. The van der Waals surface area contributed by atoms with Crippen molar-refractivity contribution < 1.29 is 9.47 Å². The predicted molar refractivity (Wildman–Crippen MR) is 83.0 cm³/mol. The zero-order chi connectivity index (χ0) is 14.3. The Morgan fingerprint density at radius 3 is 2.67 bits per heavy atom. The van der Waals surface area contributed by atoms with Crippen molar-refractivity contribution in [1.29, 1.82) is 0 Å². The molecule has 0 radical (unpaired) electrons. The molecule has 2 aliphatic heterocycles. The molecule has 0 aliphatic carbocycles. The monoisotopic (exact) mass is 284 g/mol. The van der Waals surface area contributed by atoms with Gasteiger partial charge in [-0.25, -0.2) is 0 Å². The van der Waals surface area contributed by atoms with E-state index in [2.05, 4.69) is 40.8 Å². The van der Waals surface area contributed by atoms with Gasteiger partial charge in [-0.15, -0.1) is 0 Å². The Bertz CT molecular complexity index is 548. The first kappa shape index (κ1) is 13.8. The molecule has 2 heterocycles. The average Bonchev–Trinajstić information content (AvgIpc) is 2.81. The highest BCUT2D eigenvalue weighted by Crippen LogP contribution is 2.32. The highest BCUT2D eigenvalue weighted by atomic mass is 16.7. The van der Waals surface area contributed by atoms with Crippen LogP contribution in [-0.4, -0.2) is 24.8 Å². The number of hydrogen-bond acceptors (Lipinski definition) is 4. The zero-order valence-electron chi connectivity index (χ0n) is 12.0. The van der Waals surface area contributed by atoms with Crippen LogP contribution in [0, 0.1) is 0 Å². The number of fused-ring (bicyclic) bond motifs is 1. The molecule has 0 spiro atoms. The second-order valence-electron chi connectivity index (χ2n) is 5.02. The van der Waals surface area contributed by atoms with Gasteiger partial charge >= 0.3 is 0 Å². The second kappa shape index (κ2) is 6.99. The molecule has 0 amide bonds. The van der Waals surface area contributed by atoms with Crippen molar-refractivity contribution in [3.05, 3.63) is 60.5 Å². The minimum absolute atomic E-state index is 0.331. The topological polar surface area (TPSA) is 33.7 Å². The third-order valence-electron chi connectivity index (χ3n) is 3.42. The summed E-state index contributed by atoms with van der Waals surface area (Å²) in [5.74, 6) is 1.69. The van der Waals surface area contributed by atoms with Crippen LogP contribution in [-0.2, 0) is 6.54 Å². The molecule has 0 saturated carbocycles. The smallest absolute Gasteiger partial charge is 0.231 e. The summed E-state index contributed by atoms with van der Waals surface area (Å²) in [6.45, 7) is 3.19. The van der Waals surface area contributed by atoms with Crippen LogP contribution in [0.4, 0.5) is 0 Å². The van der Waals surface area contributed by atoms with E-state index in [1.807, 2.05) is 24.3 Å². The van der Waals surface area contributed by atoms with Gasteiger partial charge in [-0.05, 0) is 42.8 Å². The number of nitrogens with zero attached hydrogens (tertiary/aromatic N) is 1. The minimum Gasteiger partial charge on any atom is -0.454 e. The SMILES string of the molecule is C1=CC=CN(CCCNCc2ccc3c(c2)OCO3)C=C1. The third-order valence-corrected chi connectivity index (χ3v) is 3.42. The maximum Gasteiger partial charge on any atom is 0.231 e. The van der Waals surface area contributed by atoms with Gasteiger partial charge in [0.1, 0.15) is 0 Å². The van der Waals surface area contributed by atoms with E-state index in [-0.39, 0.29) is 0 Å². The van der Waals surface area contributed by atoms with Crippen molar-refractivity contribution in [2.45, 2.75) is 13.0 Å². The van der Waals surface area contributed by atoms with Gasteiger partial charge in [0, 0.05) is 25.5 Å². The molecule has 0 fully saturated rings. The maximum atomic E-state index is 5.38. The van der Waals surface area contributed by atoms with Crippen molar-refractivity contribution in [3.63, 3.8) is 0 Å². The van der Waals surface area contributed by atoms with E-state index < -0.39 is 0 Å². The normalized spacial score (nSPS) is 15.5. The van der Waals surface area contributed by atoms with E-state index in [9.17, 15) is 0 Å². The van der Waals surface area contributed by atoms with Gasteiger partial charge in [-0.1, -0.05) is 18.2 Å². The van der Waals surface area contributed by atoms with Crippen LogP contribution in [0.25, 0.3) is 0 Å². The molecule has 110 valence electrons. The minimum atomic E-state index is 0.331. The number of rotatable bonds is 6. The number of nitrogens with one attached hydrogen (secondary N) is 1. The van der Waals surface area contributed by atoms with Gasteiger partial charge in [-0.2, -0.15) is 0 Å². The summed E-state index contributed by atoms with van der Waals surface area (Å²) in [5, 5.41) is 3.46. The van der Waals surface area contributed by atoms with Gasteiger partial charge in [0.25, 0.3) is 0 Å². The highest BCUT2D eigenvalue weighted by Gasteiger charge is 2.12. The van der Waals surface area contributed by atoms with Crippen molar-refractivity contribution in [3.8, 4) is 11.5 Å². The molecular formula is C17H20N2O2. The molecule has 0 unspecified atom stereocenters. The van der Waals surface area contributed by atoms with Crippen LogP contribution in [0.15, 0.2) is 54.9 Å². The van der Waals surface area contributed by atoms with E-state index in [1.165, 1.54) is 5.56 Å². The lowest BCUT2D eigenvalue weighted by Gasteiger charge is -2.14. The molecule has 0 bridgehead atoms. The summed E-state index contributed by atoms with van der Waals surface area (Å²) in [7, 11) is 0. The fourth-order valence-electron chi connectivity index (χ4n) is 2.32. The Kier molecular flexibility index (Phi) is 4.59. The van der Waals surface area contributed by atoms with Gasteiger partial charge < -0.3 is 19.7 Å². The van der Waals surface area contributed by atoms with Crippen molar-refractivity contribution >= 4 is 0 Å². The molecule has 0 saturated heterocycles. The van der Waals surface area contributed by atoms with E-state index >= 15 is 0 Å². The summed E-state index contributed by atoms with van der Waals surface area (Å²) in [5.41, 5.74) is 1.22. The second-order valence-corrected chi connectivity index (χ2v) is 5.02. The quantitative estimate of drug-likeness (QED) is 0.815. The molecule has 4 heteroatoms. The van der Waals surface area contributed by atoms with Gasteiger partial charge in [0.05, 0.1) is 0 Å². The molecule has 3 rings (SSSR count). The van der Waals surface area contributed by atoms with E-state index in [4.69, 9.17) is 9.47 Å². The number of hydrogen-bond donors (Lipinski definition) is 1. The number of allylic oxidation sites excluding steroid dienone is 4. The Morgan fingerprint density at radius 1 is 1.00 bits per heavy atom. The Hall–Kier alpha value is -2.20. The maximum absolute atomic E-state index is 5.38. The molecule has 1 N–H and O–H groups in total. The summed E-state index contributed by atoms with van der Waals surface area (Å²) in [6, 6.07) is 6.09. The molecular weight excluding hydrogens is 264 g/mol. The summed E-state index contributed by atoms with van der Waals surface area (Å²) >= 11 is 0. The van der Waals surface area contributed by atoms with Crippen LogP contribution in [0.1, 0.15) is 12.0 Å². The first-order valence-corrected chi connectivity index (χ1v) is 7.28. The first-order chi connectivity index (χ1) is 10.4. The first-order valence-electron chi connectivity index (χ1n) is 7.28. The van der Waals surface area contributed by atoms with Crippen molar-refractivity contribution in [1.82, 2.24) is 10.2 Å². The lowest BCUT2D eigenvalue weighted by atomic mass is 10.2. The molecule has 21 heavy (non-hydrogen) atoms. The van der Waals surface area contributed by atoms with Gasteiger partial charge in [0.2, 0.25) is 6.79 Å². The predicted octanol–water partition coefficient (Wildman–Crippen LogP) is 2.79. The Labute approximate surface area is 125 Å². The largest absolute Gasteiger partial charge is 0.454 e. The van der Waals surface area contributed by atoms with Crippen LogP contribution in [0.2, 0.25) is 0 Å². The fraction of sp³-hybridized carbons (Fsp3) is 0.294. The summed E-state index contributed by atoms with van der Waals surface area (Å²) < 4.78 is 10.7. The van der Waals surface area contributed by atoms with Crippen LogP contribution in [0.5, 0.6) is 11.5 Å². The van der Waals surface area contributed by atoms with Crippen LogP contribution >= 0.6 is 0 Å². The zero-order valence-corrected chi connectivity index (χ0v) is 12.0. The van der Waals surface area contributed by atoms with Crippen LogP contribution in [0.3, 0.4) is 0 Å². The lowest BCUT2D eigenvalue weighted by Crippen LogP contribution is -2.20. The van der Waals surface area contributed by atoms with E-state index in [1.54, 1.807) is 0 Å². The molecule has 0 atom stereocenters. The molecule has 4 nitrogen and oxygen atoms in total. The summed E-state index contributed by atoms with van der Waals surface area (Å²) in [4.78, 5) is 2.20. The molecule has 1 aromatic carbocycles. The standard InChI is InChI=1S/C17H20N2O2/c1-2-4-10-19(9-3-1)11-5-8-18-13-15-6-7-16-17(12-15)21-14-20-16/h1-4,6-7,9-10,12,18H,5,8,11,13-14H2. The fourth-order valence-corrected chi connectivity index (χ4v) is 2.32. The Balaban J connectivity index is 1.37. The number of benzene rings is 1. The van der Waals surface area contributed by atoms with Gasteiger partial charge in [-0.3, -0.25) is 0 Å². The van der Waals surface area contributed by atoms with Crippen molar-refractivity contribution in [2.75, 3.05) is 19.9 Å². The van der Waals surface area contributed by atoms with E-state index in [0.29, 0.717) is 6.79 Å². The lowest BCUT2D eigenvalue weighted by molar-refractivity contribution is 0.174. The number of ether oxygens (including phenoxy) is 2. The molecule has 0 aromatic heterocycles. The summed E-state index contributed by atoms with van der Waals surface area (Å²) in [6.07, 6.45) is 13.5.